The van der Waals surface area contributed by atoms with Gasteiger partial charge in [-0.25, -0.2) is 4.79 Å². The lowest BCUT2D eigenvalue weighted by molar-refractivity contribution is -0.428. The summed E-state index contributed by atoms with van der Waals surface area (Å²) in [5.74, 6) is -0.513. The molecule has 0 bridgehead atoms. The second-order valence-electron chi connectivity index (χ2n) is 13.1. The molecule has 0 aliphatic carbocycles. The highest BCUT2D eigenvalue weighted by Crippen LogP contribution is 2.50. The summed E-state index contributed by atoms with van der Waals surface area (Å²) >= 11 is 0. The molecule has 2 heterocycles. The molecule has 0 spiro atoms. The molecule has 0 fully saturated rings. The van der Waals surface area contributed by atoms with Crippen LogP contribution in [0.5, 0.6) is 0 Å². The molecule has 0 atom stereocenters. The van der Waals surface area contributed by atoms with E-state index in [2.05, 4.69) is 122 Å². The van der Waals surface area contributed by atoms with Crippen molar-refractivity contribution in [2.75, 3.05) is 31.2 Å². The molecule has 0 amide bonds. The van der Waals surface area contributed by atoms with Crippen molar-refractivity contribution in [1.82, 2.24) is 0 Å². The Morgan fingerprint density at radius 2 is 1.34 bits per heavy atom. The number of carbonyl (C=O) groups is 2. The molecule has 2 aliphatic heterocycles. The molecule has 0 radical (unpaired) electrons. The summed E-state index contributed by atoms with van der Waals surface area (Å²) in [5, 5.41) is 4.72. The highest BCUT2D eigenvalue weighted by molar-refractivity contribution is 6.08. The fourth-order valence-corrected chi connectivity index (χ4v) is 7.44. The van der Waals surface area contributed by atoms with E-state index in [1.807, 2.05) is 32.1 Å². The van der Waals surface area contributed by atoms with E-state index < -0.39 is 0 Å². The summed E-state index contributed by atoms with van der Waals surface area (Å²) in [7, 11) is 0. The predicted octanol–water partition coefficient (Wildman–Crippen LogP) is 8.29. The van der Waals surface area contributed by atoms with Gasteiger partial charge in [0.2, 0.25) is 12.2 Å². The van der Waals surface area contributed by atoms with Crippen LogP contribution < -0.4 is 4.90 Å². The average molecular weight is 628 g/mol. The Bertz CT molecular complexity index is 2010. The van der Waals surface area contributed by atoms with E-state index in [1.54, 1.807) is 0 Å². The monoisotopic (exact) mass is 627 g/mol. The molecule has 6 nitrogen and oxygen atoms in total. The first-order chi connectivity index (χ1) is 22.6. The van der Waals surface area contributed by atoms with E-state index in [0.29, 0.717) is 13.2 Å². The molecule has 6 heteroatoms. The second-order valence-corrected chi connectivity index (χ2v) is 13.1. The van der Waals surface area contributed by atoms with Crippen molar-refractivity contribution in [3.63, 3.8) is 0 Å². The quantitative estimate of drug-likeness (QED) is 0.106. The molecular weight excluding hydrogens is 584 g/mol. The summed E-state index contributed by atoms with van der Waals surface area (Å²) in [6.07, 6.45) is 10.3. The van der Waals surface area contributed by atoms with Crippen LogP contribution in [0.1, 0.15) is 52.7 Å². The van der Waals surface area contributed by atoms with Crippen molar-refractivity contribution in [3.8, 4) is 0 Å². The first kappa shape index (κ1) is 32.0. The molecule has 0 aromatic heterocycles. The number of esters is 2. The minimum absolute atomic E-state index is 0.138. The molecule has 0 N–H and O–H groups in total. The number of anilines is 1. The van der Waals surface area contributed by atoms with Crippen molar-refractivity contribution in [1.29, 1.82) is 0 Å². The molecule has 6 rings (SSSR count). The molecule has 0 saturated carbocycles. The predicted molar refractivity (Wildman–Crippen MR) is 191 cm³/mol. The second kappa shape index (κ2) is 12.7. The number of carbonyl (C=O) groups excluding carboxylic acids is 2. The Morgan fingerprint density at radius 1 is 0.723 bits per heavy atom. The molecule has 4 aromatic carbocycles. The van der Waals surface area contributed by atoms with E-state index in [-0.39, 0.29) is 35.9 Å². The fourth-order valence-electron chi connectivity index (χ4n) is 7.44. The zero-order valence-electron chi connectivity index (χ0n) is 28.2. The van der Waals surface area contributed by atoms with Gasteiger partial charge in [0.25, 0.3) is 0 Å². The van der Waals surface area contributed by atoms with Crippen LogP contribution in [0.15, 0.2) is 109 Å². The lowest BCUT2D eigenvalue weighted by Crippen LogP contribution is -2.31. The van der Waals surface area contributed by atoms with E-state index in [0.717, 1.165) is 22.8 Å². The standard InChI is InChI=1S/C41H43N2O4/c1-7-46-36(44)26-42-32-24-22-28-16-12-14-18-30(28)38(32)40(3,4)34(42)20-10-9-11-21-35-41(5,6)39-31-19-15-13-17-29(31)23-25-33(39)43(35)27-37(45)47-8-2/h9-25H,7-8,26-27H2,1-6H3/q+1. The highest BCUT2D eigenvalue weighted by atomic mass is 16.5. The minimum atomic E-state index is -0.349. The molecule has 0 saturated heterocycles. The van der Waals surface area contributed by atoms with Crippen LogP contribution in [0.3, 0.4) is 0 Å². The Hall–Kier alpha value is -4.97. The third kappa shape index (κ3) is 5.67. The molecule has 2 aliphatic rings. The van der Waals surface area contributed by atoms with Gasteiger partial charge < -0.3 is 14.4 Å². The molecule has 47 heavy (non-hydrogen) atoms. The van der Waals surface area contributed by atoms with Crippen LogP contribution in [-0.4, -0.2) is 48.5 Å². The van der Waals surface area contributed by atoms with Crippen LogP contribution >= 0.6 is 0 Å². The first-order valence-corrected chi connectivity index (χ1v) is 16.4. The third-order valence-electron chi connectivity index (χ3n) is 9.42. The number of ether oxygens (including phenoxy) is 2. The van der Waals surface area contributed by atoms with Crippen LogP contribution in [0, 0.1) is 0 Å². The fraction of sp³-hybridized carbons (Fsp3) is 0.293. The maximum atomic E-state index is 12.8. The number of benzene rings is 4. The van der Waals surface area contributed by atoms with Gasteiger partial charge in [0.05, 0.1) is 18.6 Å². The van der Waals surface area contributed by atoms with Gasteiger partial charge >= 0.3 is 11.9 Å². The summed E-state index contributed by atoms with van der Waals surface area (Å²) in [4.78, 5) is 27.6. The Morgan fingerprint density at radius 3 is 2.02 bits per heavy atom. The lowest BCUT2D eigenvalue weighted by atomic mass is 9.79. The largest absolute Gasteiger partial charge is 0.465 e. The smallest absolute Gasteiger partial charge is 0.372 e. The minimum Gasteiger partial charge on any atom is -0.465 e. The number of hydrogen-bond donors (Lipinski definition) is 0. The van der Waals surface area contributed by atoms with Gasteiger partial charge in [-0.05, 0) is 73.0 Å². The van der Waals surface area contributed by atoms with Crippen molar-refractivity contribution in [2.45, 2.75) is 52.4 Å². The van der Waals surface area contributed by atoms with Gasteiger partial charge in [-0.15, -0.1) is 0 Å². The number of rotatable bonds is 9. The maximum absolute atomic E-state index is 12.8. The third-order valence-corrected chi connectivity index (χ3v) is 9.42. The van der Waals surface area contributed by atoms with Gasteiger partial charge in [-0.1, -0.05) is 86.7 Å². The van der Waals surface area contributed by atoms with Gasteiger partial charge in [-0.2, -0.15) is 4.58 Å². The van der Waals surface area contributed by atoms with E-state index in [1.165, 1.54) is 32.7 Å². The lowest BCUT2D eigenvalue weighted by Gasteiger charge is -2.26. The van der Waals surface area contributed by atoms with E-state index in [9.17, 15) is 9.59 Å². The molecular formula is C41H43N2O4+. The van der Waals surface area contributed by atoms with Crippen molar-refractivity contribution in [3.05, 3.63) is 120 Å². The van der Waals surface area contributed by atoms with Gasteiger partial charge in [0.1, 0.15) is 6.54 Å². The van der Waals surface area contributed by atoms with Crippen LogP contribution in [0.2, 0.25) is 0 Å². The highest BCUT2D eigenvalue weighted by Gasteiger charge is 2.46. The van der Waals surface area contributed by atoms with Crippen molar-refractivity contribution < 1.29 is 23.6 Å². The molecule has 240 valence electrons. The average Bonchev–Trinajstić information content (AvgIpc) is 3.39. The number of fused-ring (bicyclic) bond motifs is 6. The zero-order valence-corrected chi connectivity index (χ0v) is 28.2. The summed E-state index contributed by atoms with van der Waals surface area (Å²) in [6.45, 7) is 13.5. The SMILES string of the molecule is CCOC(=O)CN1/C(=C/C=C\C=C/C2=[N+](CC(=O)OCC)c3ccc4ccccc4c3C2(C)C)C(C)(C)c2c1ccc1ccccc21. The van der Waals surface area contributed by atoms with Crippen LogP contribution in [-0.2, 0) is 29.9 Å². The van der Waals surface area contributed by atoms with Crippen molar-refractivity contribution in [2.24, 2.45) is 0 Å². The zero-order chi connectivity index (χ0) is 33.3. The molecule has 0 unspecified atom stereocenters. The van der Waals surface area contributed by atoms with E-state index in [4.69, 9.17) is 9.47 Å². The normalized spacial score (nSPS) is 17.3. The van der Waals surface area contributed by atoms with Gasteiger partial charge in [0.15, 0.2) is 5.71 Å². The topological polar surface area (TPSA) is 58.8 Å². The summed E-state index contributed by atoms with van der Waals surface area (Å²) in [5.41, 5.74) is 5.82. The number of allylic oxidation sites excluding steroid dienone is 6. The number of nitrogens with zero attached hydrogens (tertiary/aromatic N) is 2. The van der Waals surface area contributed by atoms with Gasteiger partial charge in [-0.3, -0.25) is 4.79 Å². The molecule has 4 aromatic rings. The van der Waals surface area contributed by atoms with Crippen LogP contribution in [0.25, 0.3) is 21.5 Å². The Labute approximate surface area is 277 Å². The van der Waals surface area contributed by atoms with Crippen LogP contribution in [0.4, 0.5) is 11.4 Å². The Kier molecular flexibility index (Phi) is 8.63. The van der Waals surface area contributed by atoms with Gasteiger partial charge in [0, 0.05) is 34.5 Å². The van der Waals surface area contributed by atoms with E-state index >= 15 is 0 Å². The summed E-state index contributed by atoms with van der Waals surface area (Å²) in [6, 6.07) is 25.3. The maximum Gasteiger partial charge on any atom is 0.372 e. The first-order valence-electron chi connectivity index (χ1n) is 16.4. The number of hydrogen-bond acceptors (Lipinski definition) is 5. The summed E-state index contributed by atoms with van der Waals surface area (Å²) < 4.78 is 12.8. The van der Waals surface area contributed by atoms with Crippen molar-refractivity contribution >= 4 is 50.6 Å². The Balaban J connectivity index is 1.37.